The summed E-state index contributed by atoms with van der Waals surface area (Å²) in [5.74, 6) is -2.24. The van der Waals surface area contributed by atoms with Crippen molar-refractivity contribution in [3.05, 3.63) is 45.1 Å². The van der Waals surface area contributed by atoms with Crippen molar-refractivity contribution in [1.82, 2.24) is 0 Å². The average Bonchev–Trinajstić information content (AvgIpc) is 2.64. The summed E-state index contributed by atoms with van der Waals surface area (Å²) in [6.45, 7) is 0.915. The molecule has 1 aromatic carbocycles. The smallest absolute Gasteiger partial charge is 0.416 e. The fourth-order valence-corrected chi connectivity index (χ4v) is 3.36. The van der Waals surface area contributed by atoms with E-state index >= 15 is 0 Å². The Kier molecular flexibility index (Phi) is 5.85. The van der Waals surface area contributed by atoms with Gasteiger partial charge in [-0.25, -0.2) is 0 Å². The number of alkyl halides is 3. The molecule has 2 heterocycles. The van der Waals surface area contributed by atoms with Crippen molar-refractivity contribution in [1.29, 1.82) is 0 Å². The van der Waals surface area contributed by atoms with E-state index in [-0.39, 0.29) is 29.1 Å². The van der Waals surface area contributed by atoms with Crippen LogP contribution in [0, 0.1) is 0 Å². The molecule has 12 heteroatoms. The van der Waals surface area contributed by atoms with E-state index in [0.29, 0.717) is 6.42 Å². The minimum atomic E-state index is -4.62. The molecule has 0 spiro atoms. The van der Waals surface area contributed by atoms with Gasteiger partial charge in [-0.05, 0) is 24.6 Å². The van der Waals surface area contributed by atoms with Crippen LogP contribution in [0.2, 0.25) is 0 Å². The maximum absolute atomic E-state index is 13.1. The normalized spacial score (nSPS) is 15.9. The first kappa shape index (κ1) is 22.1. The molecule has 1 atom stereocenters. The molecule has 0 amide bonds. The number of hydrogen-bond donors (Lipinski definition) is 2. The number of aliphatic hydroxyl groups is 1. The lowest BCUT2D eigenvalue weighted by Gasteiger charge is -2.28. The van der Waals surface area contributed by atoms with Crippen LogP contribution in [0.1, 0.15) is 42.6 Å². The van der Waals surface area contributed by atoms with Gasteiger partial charge >= 0.3 is 16.3 Å². The summed E-state index contributed by atoms with van der Waals surface area (Å²) >= 11 is 0. The topological polar surface area (TPSA) is 123 Å². The molecule has 2 aromatic rings. The highest BCUT2D eigenvalue weighted by Gasteiger charge is 2.37. The predicted molar refractivity (Wildman–Crippen MR) is 96.7 cm³/mol. The molecular weight excluding hydrogens is 433 g/mol. The third-order valence-corrected chi connectivity index (χ3v) is 4.81. The molecule has 2 N–H and O–H groups in total. The van der Waals surface area contributed by atoms with Gasteiger partial charge in [0.2, 0.25) is 11.4 Å². The van der Waals surface area contributed by atoms with E-state index in [9.17, 15) is 31.5 Å². The minimum absolute atomic E-state index is 0.0210. The van der Waals surface area contributed by atoms with Crippen molar-refractivity contribution in [2.24, 2.45) is 0 Å². The molecule has 0 aliphatic carbocycles. The van der Waals surface area contributed by atoms with E-state index in [1.807, 2.05) is 0 Å². The van der Waals surface area contributed by atoms with Crippen LogP contribution in [-0.4, -0.2) is 24.0 Å². The zero-order chi connectivity index (χ0) is 22.3. The van der Waals surface area contributed by atoms with Gasteiger partial charge in [0.05, 0.1) is 23.3 Å². The second-order valence-electron chi connectivity index (χ2n) is 6.55. The summed E-state index contributed by atoms with van der Waals surface area (Å²) in [5, 5.41) is 9.55. The monoisotopic (exact) mass is 450 g/mol. The lowest BCUT2D eigenvalue weighted by Crippen LogP contribution is -2.26. The molecule has 1 unspecified atom stereocenters. The second-order valence-corrected chi connectivity index (χ2v) is 7.95. The van der Waals surface area contributed by atoms with Crippen LogP contribution in [0.25, 0.3) is 11.3 Å². The third-order valence-electron chi connectivity index (χ3n) is 4.40. The first-order valence-corrected chi connectivity index (χ1v) is 10.3. The van der Waals surface area contributed by atoms with Gasteiger partial charge < -0.3 is 19.0 Å². The third kappa shape index (κ3) is 4.30. The second kappa shape index (κ2) is 7.93. The molecule has 30 heavy (non-hydrogen) atoms. The van der Waals surface area contributed by atoms with Crippen molar-refractivity contribution >= 4 is 10.1 Å². The number of fused-ring (bicyclic) bond motifs is 3. The van der Waals surface area contributed by atoms with E-state index in [1.54, 1.807) is 6.92 Å². The molecule has 0 saturated carbocycles. The molecule has 1 aliphatic rings. The molecule has 0 radical (unpaired) electrons. The van der Waals surface area contributed by atoms with Crippen molar-refractivity contribution in [3.8, 4) is 23.0 Å². The SMILES string of the molecule is CCCC1Oc2cc(C(F)(F)F)ccc2-c2oc(OCS(=O)(=O)O)c(CO)c(=O)c21. The Labute approximate surface area is 168 Å². The minimum Gasteiger partial charge on any atom is -0.485 e. The lowest BCUT2D eigenvalue weighted by atomic mass is 9.94. The van der Waals surface area contributed by atoms with E-state index < -0.39 is 57.4 Å². The summed E-state index contributed by atoms with van der Waals surface area (Å²) in [6, 6.07) is 2.62. The molecule has 0 fully saturated rings. The van der Waals surface area contributed by atoms with E-state index in [0.717, 1.165) is 18.2 Å². The standard InChI is InChI=1S/C18H17F3O8S/c1-2-3-12-14-15(23)11(7-22)17(27-8-30(24,25)26)29-16(14)10-5-4-9(18(19,20)21)6-13(10)28-12/h4-6,12,22H,2-3,7-8H2,1H3,(H,24,25,26). The van der Waals surface area contributed by atoms with Crippen LogP contribution in [0.4, 0.5) is 13.2 Å². The molecular formula is C18H17F3O8S. The molecule has 1 aliphatic heterocycles. The number of ether oxygens (including phenoxy) is 2. The van der Waals surface area contributed by atoms with Gasteiger partial charge in [-0.1, -0.05) is 13.3 Å². The highest BCUT2D eigenvalue weighted by atomic mass is 32.2. The van der Waals surface area contributed by atoms with Gasteiger partial charge in [0, 0.05) is 0 Å². The van der Waals surface area contributed by atoms with Crippen LogP contribution in [0.3, 0.4) is 0 Å². The summed E-state index contributed by atoms with van der Waals surface area (Å²) in [7, 11) is -4.60. The van der Waals surface area contributed by atoms with Crippen molar-refractivity contribution in [3.63, 3.8) is 0 Å². The highest BCUT2D eigenvalue weighted by molar-refractivity contribution is 7.85. The zero-order valence-electron chi connectivity index (χ0n) is 15.5. The van der Waals surface area contributed by atoms with Gasteiger partial charge in [0.1, 0.15) is 17.4 Å². The van der Waals surface area contributed by atoms with Crippen molar-refractivity contribution in [2.75, 3.05) is 5.94 Å². The van der Waals surface area contributed by atoms with Gasteiger partial charge in [0.25, 0.3) is 5.95 Å². The first-order valence-electron chi connectivity index (χ1n) is 8.73. The van der Waals surface area contributed by atoms with Crippen LogP contribution < -0.4 is 14.9 Å². The molecule has 0 bridgehead atoms. The fraction of sp³-hybridized carbons (Fsp3) is 0.389. The molecule has 1 aromatic heterocycles. The van der Waals surface area contributed by atoms with Gasteiger partial charge in [-0.15, -0.1) is 0 Å². The average molecular weight is 450 g/mol. The van der Waals surface area contributed by atoms with Crippen LogP contribution in [0.15, 0.2) is 27.4 Å². The lowest BCUT2D eigenvalue weighted by molar-refractivity contribution is -0.137. The molecule has 0 saturated heterocycles. The van der Waals surface area contributed by atoms with Gasteiger partial charge in [-0.3, -0.25) is 9.35 Å². The summed E-state index contributed by atoms with van der Waals surface area (Å²) in [5.41, 5.74) is -2.11. The van der Waals surface area contributed by atoms with Gasteiger partial charge in [-0.2, -0.15) is 21.6 Å². The highest BCUT2D eigenvalue weighted by Crippen LogP contribution is 2.46. The number of halogens is 3. The fourth-order valence-electron chi connectivity index (χ4n) is 3.10. The van der Waals surface area contributed by atoms with Crippen LogP contribution >= 0.6 is 0 Å². The molecule has 8 nitrogen and oxygen atoms in total. The first-order chi connectivity index (χ1) is 14.0. The zero-order valence-corrected chi connectivity index (χ0v) is 16.3. The Morgan fingerprint density at radius 2 is 1.97 bits per heavy atom. The number of hydrogen-bond acceptors (Lipinski definition) is 7. The number of benzene rings is 1. The quantitative estimate of drug-likeness (QED) is 0.643. The van der Waals surface area contributed by atoms with Crippen molar-refractivity contribution in [2.45, 2.75) is 38.7 Å². The summed E-state index contributed by atoms with van der Waals surface area (Å²) < 4.78 is 86.0. The Balaban J connectivity index is 2.23. The summed E-state index contributed by atoms with van der Waals surface area (Å²) in [6.07, 6.45) is -4.78. The van der Waals surface area contributed by atoms with Crippen LogP contribution in [0.5, 0.6) is 11.7 Å². The number of aliphatic hydroxyl groups excluding tert-OH is 1. The van der Waals surface area contributed by atoms with Crippen molar-refractivity contribution < 1.29 is 45.1 Å². The number of rotatable bonds is 6. The Hall–Kier alpha value is -2.57. The Bertz CT molecular complexity index is 1120. The summed E-state index contributed by atoms with van der Waals surface area (Å²) in [4.78, 5) is 12.9. The van der Waals surface area contributed by atoms with Crippen LogP contribution in [-0.2, 0) is 22.9 Å². The predicted octanol–water partition coefficient (Wildman–Crippen LogP) is 3.28. The maximum atomic E-state index is 13.1. The Morgan fingerprint density at radius 3 is 2.53 bits per heavy atom. The Morgan fingerprint density at radius 1 is 1.27 bits per heavy atom. The van der Waals surface area contributed by atoms with E-state index in [1.165, 1.54) is 0 Å². The largest absolute Gasteiger partial charge is 0.485 e. The molecule has 3 rings (SSSR count). The maximum Gasteiger partial charge on any atom is 0.416 e. The van der Waals surface area contributed by atoms with E-state index in [4.69, 9.17) is 18.4 Å². The van der Waals surface area contributed by atoms with E-state index in [2.05, 4.69) is 0 Å². The molecule has 164 valence electrons. The van der Waals surface area contributed by atoms with Gasteiger partial charge in [0.15, 0.2) is 5.76 Å².